The molecular formula is C10H15F. The van der Waals surface area contributed by atoms with Crippen LogP contribution in [0.25, 0.3) is 0 Å². The normalized spacial score (nSPS) is 9.45. The fourth-order valence-electron chi connectivity index (χ4n) is 0.848. The van der Waals surface area contributed by atoms with E-state index >= 15 is 0 Å². The maximum Gasteiger partial charge on any atom is 0.123 e. The van der Waals surface area contributed by atoms with E-state index < -0.39 is 0 Å². The van der Waals surface area contributed by atoms with E-state index in [9.17, 15) is 4.39 Å². The lowest BCUT2D eigenvalue weighted by Gasteiger charge is -2.02. The summed E-state index contributed by atoms with van der Waals surface area (Å²) >= 11 is 0. The minimum Gasteiger partial charge on any atom is -0.207 e. The van der Waals surface area contributed by atoms with Gasteiger partial charge in [-0.3, -0.25) is 0 Å². The van der Waals surface area contributed by atoms with Crippen LogP contribution in [-0.4, -0.2) is 0 Å². The fourth-order valence-corrected chi connectivity index (χ4v) is 0.848. The first kappa shape index (κ1) is 10.2. The summed E-state index contributed by atoms with van der Waals surface area (Å²) in [6, 6.07) is 6.63. The number of rotatable bonds is 1. The van der Waals surface area contributed by atoms with Crippen LogP contribution in [0.15, 0.2) is 24.3 Å². The van der Waals surface area contributed by atoms with Crippen molar-refractivity contribution in [3.8, 4) is 0 Å². The van der Waals surface area contributed by atoms with Crippen LogP contribution in [0.3, 0.4) is 0 Å². The van der Waals surface area contributed by atoms with Crippen molar-refractivity contribution in [1.29, 1.82) is 0 Å². The van der Waals surface area contributed by atoms with Crippen molar-refractivity contribution in [1.82, 2.24) is 0 Å². The Labute approximate surface area is 68.1 Å². The molecule has 0 spiro atoms. The first-order valence-corrected chi connectivity index (χ1v) is 3.45. The van der Waals surface area contributed by atoms with E-state index in [1.807, 2.05) is 12.1 Å². The standard InChI is InChI=1S/C9H11F.CH4/c1-7(2)8-3-5-9(10)6-4-8;/h3-7H,1-2H3;1H4. The Morgan fingerprint density at radius 3 is 1.91 bits per heavy atom. The maximum absolute atomic E-state index is 12.4. The third kappa shape index (κ3) is 2.71. The third-order valence-corrected chi connectivity index (χ3v) is 1.54. The fraction of sp³-hybridized carbons (Fsp3) is 0.400. The monoisotopic (exact) mass is 154 g/mol. The van der Waals surface area contributed by atoms with Gasteiger partial charge in [-0.25, -0.2) is 4.39 Å². The van der Waals surface area contributed by atoms with Crippen molar-refractivity contribution in [2.24, 2.45) is 0 Å². The molecule has 0 amide bonds. The predicted octanol–water partition coefficient (Wildman–Crippen LogP) is 3.59. The molecule has 0 fully saturated rings. The maximum atomic E-state index is 12.4. The molecule has 0 heterocycles. The van der Waals surface area contributed by atoms with Crippen molar-refractivity contribution in [3.05, 3.63) is 35.6 Å². The largest absolute Gasteiger partial charge is 0.207 e. The van der Waals surface area contributed by atoms with Crippen LogP contribution in [0.1, 0.15) is 32.8 Å². The molecule has 0 nitrogen and oxygen atoms in total. The van der Waals surface area contributed by atoms with Crippen molar-refractivity contribution in [2.45, 2.75) is 27.2 Å². The zero-order valence-corrected chi connectivity index (χ0v) is 6.26. The molecule has 0 aromatic heterocycles. The van der Waals surface area contributed by atoms with E-state index in [0.29, 0.717) is 5.92 Å². The average molecular weight is 154 g/mol. The van der Waals surface area contributed by atoms with Gasteiger partial charge in [-0.1, -0.05) is 33.4 Å². The molecule has 1 heteroatoms. The van der Waals surface area contributed by atoms with Gasteiger partial charge in [-0.15, -0.1) is 0 Å². The summed E-state index contributed by atoms with van der Waals surface area (Å²) in [5.74, 6) is 0.324. The second kappa shape index (κ2) is 4.12. The van der Waals surface area contributed by atoms with E-state index in [1.54, 1.807) is 0 Å². The summed E-state index contributed by atoms with van der Waals surface area (Å²) in [6.07, 6.45) is 0. The molecule has 1 aromatic rings. The van der Waals surface area contributed by atoms with Crippen LogP contribution in [0.5, 0.6) is 0 Å². The molecular weight excluding hydrogens is 139 g/mol. The quantitative estimate of drug-likeness (QED) is 0.580. The molecule has 0 aliphatic heterocycles. The number of benzene rings is 1. The van der Waals surface area contributed by atoms with Gasteiger partial charge in [0, 0.05) is 0 Å². The first-order chi connectivity index (χ1) is 4.70. The Hall–Kier alpha value is -0.850. The van der Waals surface area contributed by atoms with E-state index in [0.717, 1.165) is 0 Å². The Kier molecular flexibility index (Phi) is 3.80. The van der Waals surface area contributed by atoms with Crippen molar-refractivity contribution < 1.29 is 4.39 Å². The van der Waals surface area contributed by atoms with Crippen molar-refractivity contribution in [3.63, 3.8) is 0 Å². The van der Waals surface area contributed by atoms with Gasteiger partial charge in [-0.05, 0) is 23.6 Å². The van der Waals surface area contributed by atoms with Crippen molar-refractivity contribution >= 4 is 0 Å². The molecule has 0 aliphatic rings. The second-order valence-corrected chi connectivity index (χ2v) is 2.71. The van der Waals surface area contributed by atoms with E-state index in [1.165, 1.54) is 17.7 Å². The lowest BCUT2D eigenvalue weighted by Crippen LogP contribution is -1.85. The van der Waals surface area contributed by atoms with Crippen molar-refractivity contribution in [2.75, 3.05) is 0 Å². The first-order valence-electron chi connectivity index (χ1n) is 3.45. The molecule has 0 N–H and O–H groups in total. The molecule has 11 heavy (non-hydrogen) atoms. The molecule has 0 radical (unpaired) electrons. The Morgan fingerprint density at radius 1 is 1.09 bits per heavy atom. The van der Waals surface area contributed by atoms with Crippen LogP contribution >= 0.6 is 0 Å². The van der Waals surface area contributed by atoms with Crippen LogP contribution in [0.4, 0.5) is 4.39 Å². The van der Waals surface area contributed by atoms with E-state index in [2.05, 4.69) is 13.8 Å². The van der Waals surface area contributed by atoms with Crippen LogP contribution in [0.2, 0.25) is 0 Å². The van der Waals surface area contributed by atoms with Gasteiger partial charge in [0.15, 0.2) is 0 Å². The van der Waals surface area contributed by atoms with Gasteiger partial charge in [0.05, 0.1) is 0 Å². The zero-order valence-electron chi connectivity index (χ0n) is 6.26. The number of hydrogen-bond donors (Lipinski definition) is 0. The highest BCUT2D eigenvalue weighted by molar-refractivity contribution is 5.18. The molecule has 0 atom stereocenters. The highest BCUT2D eigenvalue weighted by Gasteiger charge is 1.96. The van der Waals surface area contributed by atoms with Gasteiger partial charge in [0.2, 0.25) is 0 Å². The predicted molar refractivity (Wildman–Crippen MR) is 47.2 cm³/mol. The zero-order chi connectivity index (χ0) is 7.56. The molecule has 62 valence electrons. The van der Waals surface area contributed by atoms with Crippen LogP contribution in [0, 0.1) is 5.82 Å². The third-order valence-electron chi connectivity index (χ3n) is 1.54. The van der Waals surface area contributed by atoms with E-state index in [-0.39, 0.29) is 13.2 Å². The van der Waals surface area contributed by atoms with Crippen LogP contribution < -0.4 is 0 Å². The lowest BCUT2D eigenvalue weighted by atomic mass is 10.0. The van der Waals surface area contributed by atoms with Gasteiger partial charge in [-0.2, -0.15) is 0 Å². The minimum absolute atomic E-state index is 0. The van der Waals surface area contributed by atoms with Gasteiger partial charge in [0.1, 0.15) is 5.82 Å². The summed E-state index contributed by atoms with van der Waals surface area (Å²) < 4.78 is 12.4. The number of halogens is 1. The summed E-state index contributed by atoms with van der Waals surface area (Å²) in [7, 11) is 0. The van der Waals surface area contributed by atoms with Gasteiger partial charge in [0.25, 0.3) is 0 Å². The lowest BCUT2D eigenvalue weighted by molar-refractivity contribution is 0.626. The molecule has 1 rings (SSSR count). The molecule has 0 saturated heterocycles. The topological polar surface area (TPSA) is 0 Å². The van der Waals surface area contributed by atoms with Gasteiger partial charge < -0.3 is 0 Å². The highest BCUT2D eigenvalue weighted by atomic mass is 19.1. The Balaban J connectivity index is 0.000001000. The van der Waals surface area contributed by atoms with Gasteiger partial charge >= 0.3 is 0 Å². The molecule has 0 bridgehead atoms. The second-order valence-electron chi connectivity index (χ2n) is 2.71. The summed E-state index contributed by atoms with van der Waals surface area (Å²) in [5.41, 5.74) is 1.18. The van der Waals surface area contributed by atoms with E-state index in [4.69, 9.17) is 0 Å². The SMILES string of the molecule is C.CC(C)c1ccc(F)cc1. The summed E-state index contributed by atoms with van der Waals surface area (Å²) in [4.78, 5) is 0. The Bertz CT molecular complexity index is 199. The summed E-state index contributed by atoms with van der Waals surface area (Å²) in [6.45, 7) is 4.18. The molecule has 0 aliphatic carbocycles. The minimum atomic E-state index is -0.163. The summed E-state index contributed by atoms with van der Waals surface area (Å²) in [5, 5.41) is 0. The highest BCUT2D eigenvalue weighted by Crippen LogP contribution is 2.13. The molecule has 0 unspecified atom stereocenters. The Morgan fingerprint density at radius 2 is 1.55 bits per heavy atom. The smallest absolute Gasteiger partial charge is 0.123 e. The number of hydrogen-bond acceptors (Lipinski definition) is 0. The molecule has 1 aromatic carbocycles. The van der Waals surface area contributed by atoms with Crippen LogP contribution in [-0.2, 0) is 0 Å². The average Bonchev–Trinajstić information content (AvgIpc) is 1.88. The molecule has 0 saturated carbocycles.